The summed E-state index contributed by atoms with van der Waals surface area (Å²) in [5.74, 6) is 0.707. The first-order chi connectivity index (χ1) is 14.2. The van der Waals surface area contributed by atoms with Gasteiger partial charge in [-0.3, -0.25) is 9.89 Å². The first-order valence-corrected chi connectivity index (χ1v) is 9.53. The highest BCUT2D eigenvalue weighted by molar-refractivity contribution is 5.97. The molecule has 0 spiro atoms. The van der Waals surface area contributed by atoms with Crippen molar-refractivity contribution in [2.24, 2.45) is 0 Å². The number of nitrogens with zero attached hydrogens (tertiary/aromatic N) is 5. The number of nitrogens with one attached hydrogen (secondary N) is 1. The first kappa shape index (κ1) is 17.6. The van der Waals surface area contributed by atoms with Crippen molar-refractivity contribution in [3.8, 4) is 17.1 Å². The van der Waals surface area contributed by atoms with E-state index in [2.05, 4.69) is 20.2 Å². The summed E-state index contributed by atoms with van der Waals surface area (Å²) < 4.78 is 7.53. The number of carbonyl (C=O) groups is 1. The summed E-state index contributed by atoms with van der Waals surface area (Å²) in [6.45, 7) is 3.76. The summed E-state index contributed by atoms with van der Waals surface area (Å²) in [6.07, 6.45) is 5.16. The normalized spacial score (nSPS) is 17.0. The minimum absolute atomic E-state index is 0.00498. The minimum Gasteiger partial charge on any atom is -0.375 e. The highest BCUT2D eigenvalue weighted by Gasteiger charge is 2.23. The van der Waals surface area contributed by atoms with Crippen LogP contribution < -0.4 is 0 Å². The maximum Gasteiger partial charge on any atom is 0.255 e. The molecule has 3 aromatic heterocycles. The summed E-state index contributed by atoms with van der Waals surface area (Å²) >= 11 is 0. The number of carbonyl (C=O) groups excluding carboxylic acids is 1. The third kappa shape index (κ3) is 3.27. The predicted molar refractivity (Wildman–Crippen MR) is 108 cm³/mol. The van der Waals surface area contributed by atoms with Crippen molar-refractivity contribution in [1.82, 2.24) is 29.6 Å². The summed E-state index contributed by atoms with van der Waals surface area (Å²) in [4.78, 5) is 23.5. The Morgan fingerprint density at radius 2 is 2.17 bits per heavy atom. The van der Waals surface area contributed by atoms with Crippen LogP contribution in [0.3, 0.4) is 0 Å². The molecule has 0 saturated carbocycles. The van der Waals surface area contributed by atoms with Crippen molar-refractivity contribution in [3.63, 3.8) is 0 Å². The third-order valence-electron chi connectivity index (χ3n) is 5.11. The van der Waals surface area contributed by atoms with E-state index >= 15 is 0 Å². The molecule has 5 rings (SSSR count). The second-order valence-corrected chi connectivity index (χ2v) is 7.14. The van der Waals surface area contributed by atoms with E-state index in [9.17, 15) is 4.79 Å². The van der Waals surface area contributed by atoms with Crippen molar-refractivity contribution in [1.29, 1.82) is 0 Å². The molecule has 8 heteroatoms. The molecule has 4 aromatic rings. The van der Waals surface area contributed by atoms with Crippen LogP contribution in [-0.4, -0.2) is 61.3 Å². The van der Waals surface area contributed by atoms with Crippen LogP contribution in [0.15, 0.2) is 55.1 Å². The summed E-state index contributed by atoms with van der Waals surface area (Å²) in [7, 11) is 0. The topological polar surface area (TPSA) is 88.9 Å². The number of fused-ring (bicyclic) bond motifs is 1. The lowest BCUT2D eigenvalue weighted by atomic mass is 10.2. The quantitative estimate of drug-likeness (QED) is 0.583. The number of morpholine rings is 1. The van der Waals surface area contributed by atoms with Gasteiger partial charge in [0.1, 0.15) is 12.0 Å². The molecule has 0 radical (unpaired) electrons. The molecule has 0 unspecified atom stereocenters. The van der Waals surface area contributed by atoms with Gasteiger partial charge in [-0.05, 0) is 31.2 Å². The number of pyridine rings is 1. The highest BCUT2D eigenvalue weighted by atomic mass is 16.5. The van der Waals surface area contributed by atoms with Crippen molar-refractivity contribution in [2.75, 3.05) is 19.7 Å². The number of hydrogen-bond acceptors (Lipinski definition) is 5. The fourth-order valence-electron chi connectivity index (χ4n) is 3.68. The van der Waals surface area contributed by atoms with E-state index in [-0.39, 0.29) is 12.0 Å². The van der Waals surface area contributed by atoms with Gasteiger partial charge in [0, 0.05) is 42.1 Å². The van der Waals surface area contributed by atoms with Gasteiger partial charge in [0.2, 0.25) is 0 Å². The number of aromatic amines is 1. The van der Waals surface area contributed by atoms with Gasteiger partial charge in [-0.25, -0.2) is 9.97 Å². The van der Waals surface area contributed by atoms with E-state index < -0.39 is 0 Å². The Morgan fingerprint density at radius 3 is 3.00 bits per heavy atom. The molecule has 1 aliphatic heterocycles. The molecule has 0 aliphatic carbocycles. The summed E-state index contributed by atoms with van der Waals surface area (Å²) in [5, 5.41) is 7.71. The lowest BCUT2D eigenvalue weighted by Gasteiger charge is -2.31. The van der Waals surface area contributed by atoms with Gasteiger partial charge in [0.15, 0.2) is 5.82 Å². The number of rotatable bonds is 3. The molecule has 4 heterocycles. The van der Waals surface area contributed by atoms with Crippen LogP contribution in [-0.2, 0) is 4.74 Å². The second-order valence-electron chi connectivity index (χ2n) is 7.14. The smallest absolute Gasteiger partial charge is 0.255 e. The average Bonchev–Trinajstić information content (AvgIpc) is 3.43. The molecule has 0 bridgehead atoms. The van der Waals surface area contributed by atoms with Crippen molar-refractivity contribution in [3.05, 3.63) is 60.7 Å². The molecule has 29 heavy (non-hydrogen) atoms. The van der Waals surface area contributed by atoms with E-state index in [4.69, 9.17) is 4.74 Å². The van der Waals surface area contributed by atoms with Gasteiger partial charge >= 0.3 is 0 Å². The molecule has 146 valence electrons. The molecular formula is C21H20N6O2. The monoisotopic (exact) mass is 388 g/mol. The molecule has 1 fully saturated rings. The lowest BCUT2D eigenvalue weighted by molar-refractivity contribution is -0.0124. The number of ether oxygens (including phenoxy) is 1. The molecule has 1 saturated heterocycles. The minimum atomic E-state index is -0.00498. The Bertz CT molecular complexity index is 1170. The Morgan fingerprint density at radius 1 is 1.24 bits per heavy atom. The molecule has 8 nitrogen and oxygen atoms in total. The Kier molecular flexibility index (Phi) is 4.33. The molecular weight excluding hydrogens is 368 g/mol. The molecule has 1 N–H and O–H groups in total. The van der Waals surface area contributed by atoms with E-state index in [0.29, 0.717) is 31.1 Å². The standard InChI is InChI=1S/C21H20N6O2/c1-14-12-26(7-8-29-14)21(28)17-9-16-5-6-27(20(16)22-11-17)18-4-2-3-15(10-18)19-23-13-24-25-19/h2-6,9-11,13-14H,7-8,12H2,1H3,(H,23,24,25)/t14-/m0/s1. The second kappa shape index (κ2) is 7.14. The summed E-state index contributed by atoms with van der Waals surface area (Å²) in [5.41, 5.74) is 3.30. The van der Waals surface area contributed by atoms with E-state index in [0.717, 1.165) is 22.3 Å². The SMILES string of the molecule is C[C@H]1CN(C(=O)c2cnc3c(ccn3-c3cccc(-c4ncn[nH]4)c3)c2)CCO1. The fourth-order valence-corrected chi connectivity index (χ4v) is 3.68. The maximum absolute atomic E-state index is 12.8. The zero-order chi connectivity index (χ0) is 19.8. The van der Waals surface area contributed by atoms with Crippen molar-refractivity contribution < 1.29 is 9.53 Å². The predicted octanol–water partition coefficient (Wildman–Crippen LogP) is 2.67. The lowest BCUT2D eigenvalue weighted by Crippen LogP contribution is -2.44. The van der Waals surface area contributed by atoms with Crippen molar-refractivity contribution >= 4 is 16.9 Å². The van der Waals surface area contributed by atoms with Gasteiger partial charge in [0.25, 0.3) is 5.91 Å². The number of H-pyrrole nitrogens is 1. The first-order valence-electron chi connectivity index (χ1n) is 9.53. The van der Waals surface area contributed by atoms with Gasteiger partial charge in [-0.15, -0.1) is 0 Å². The summed E-state index contributed by atoms with van der Waals surface area (Å²) in [6, 6.07) is 11.9. The fraction of sp³-hybridized carbons (Fsp3) is 0.238. The van der Waals surface area contributed by atoms with Crippen LogP contribution in [0.25, 0.3) is 28.1 Å². The van der Waals surface area contributed by atoms with Gasteiger partial charge < -0.3 is 14.2 Å². The number of benzene rings is 1. The van der Waals surface area contributed by atoms with Gasteiger partial charge in [0.05, 0.1) is 18.3 Å². The Hall–Kier alpha value is -3.52. The Labute approximate surface area is 167 Å². The van der Waals surface area contributed by atoms with E-state index in [1.54, 1.807) is 6.20 Å². The van der Waals surface area contributed by atoms with Crippen LogP contribution in [0.4, 0.5) is 0 Å². The zero-order valence-corrected chi connectivity index (χ0v) is 15.9. The van der Waals surface area contributed by atoms with Crippen LogP contribution in [0.1, 0.15) is 17.3 Å². The largest absolute Gasteiger partial charge is 0.375 e. The number of hydrogen-bond donors (Lipinski definition) is 1. The van der Waals surface area contributed by atoms with Gasteiger partial charge in [-0.1, -0.05) is 12.1 Å². The maximum atomic E-state index is 12.8. The average molecular weight is 388 g/mol. The molecule has 1 aliphatic rings. The molecule has 1 amide bonds. The van der Waals surface area contributed by atoms with Crippen LogP contribution in [0.2, 0.25) is 0 Å². The van der Waals surface area contributed by atoms with Crippen LogP contribution >= 0.6 is 0 Å². The van der Waals surface area contributed by atoms with Gasteiger partial charge in [-0.2, -0.15) is 5.10 Å². The number of amides is 1. The number of aromatic nitrogens is 5. The molecule has 1 aromatic carbocycles. The van der Waals surface area contributed by atoms with E-state index in [1.807, 2.05) is 59.0 Å². The highest BCUT2D eigenvalue weighted by Crippen LogP contribution is 2.23. The molecule has 1 atom stereocenters. The third-order valence-corrected chi connectivity index (χ3v) is 5.11. The van der Waals surface area contributed by atoms with E-state index in [1.165, 1.54) is 6.33 Å². The van der Waals surface area contributed by atoms with Crippen LogP contribution in [0, 0.1) is 0 Å². The Balaban J connectivity index is 1.47. The van der Waals surface area contributed by atoms with Crippen molar-refractivity contribution in [2.45, 2.75) is 13.0 Å². The zero-order valence-electron chi connectivity index (χ0n) is 15.9. The van der Waals surface area contributed by atoms with Crippen LogP contribution in [0.5, 0.6) is 0 Å².